The van der Waals surface area contributed by atoms with Crippen LogP contribution in [0.15, 0.2) is 59.3 Å². The topological polar surface area (TPSA) is 55.1 Å². The molecule has 0 fully saturated rings. The van der Waals surface area contributed by atoms with Gasteiger partial charge in [0.15, 0.2) is 0 Å². The molecular weight excluding hydrogens is 264 g/mol. The lowest BCUT2D eigenvalue weighted by molar-refractivity contribution is 0.428. The first-order chi connectivity index (χ1) is 10.3. The molecule has 3 rings (SSSR count). The van der Waals surface area contributed by atoms with Gasteiger partial charge in [-0.2, -0.15) is 4.98 Å². The van der Waals surface area contributed by atoms with Gasteiger partial charge in [-0.1, -0.05) is 24.3 Å². The Hall–Kier alpha value is -2.69. The Balaban J connectivity index is 1.83. The van der Waals surface area contributed by atoms with Crippen molar-refractivity contribution in [3.8, 4) is 11.5 Å². The lowest BCUT2D eigenvalue weighted by Gasteiger charge is -2.22. The highest BCUT2D eigenvalue weighted by molar-refractivity contribution is 5.54. The average molecular weight is 280 g/mol. The Morgan fingerprint density at radius 2 is 1.81 bits per heavy atom. The number of hydrogen-bond acceptors (Lipinski definition) is 5. The van der Waals surface area contributed by atoms with Crippen molar-refractivity contribution >= 4 is 5.95 Å². The third-order valence-electron chi connectivity index (χ3n) is 3.45. The maximum absolute atomic E-state index is 5.33. The van der Waals surface area contributed by atoms with Crippen LogP contribution < -0.4 is 4.90 Å². The molecule has 0 aliphatic carbocycles. The van der Waals surface area contributed by atoms with Crippen LogP contribution in [0.4, 0.5) is 5.95 Å². The first-order valence-electron chi connectivity index (χ1n) is 6.78. The highest BCUT2D eigenvalue weighted by atomic mass is 16.5. The highest BCUT2D eigenvalue weighted by Crippen LogP contribution is 2.24. The molecule has 5 nitrogen and oxygen atoms in total. The number of hydrogen-bond donors (Lipinski definition) is 0. The maximum atomic E-state index is 5.33. The molecule has 0 spiro atoms. The molecule has 1 aromatic carbocycles. The first-order valence-corrected chi connectivity index (χ1v) is 6.78. The van der Waals surface area contributed by atoms with Crippen molar-refractivity contribution in [3.63, 3.8) is 0 Å². The molecule has 0 N–H and O–H groups in total. The molecule has 0 aliphatic heterocycles. The zero-order valence-corrected chi connectivity index (χ0v) is 12.0. The van der Waals surface area contributed by atoms with Crippen LogP contribution in [0.25, 0.3) is 11.5 Å². The Morgan fingerprint density at radius 3 is 2.52 bits per heavy atom. The molecule has 0 amide bonds. The van der Waals surface area contributed by atoms with Gasteiger partial charge in [-0.05, 0) is 36.3 Å². The summed E-state index contributed by atoms with van der Waals surface area (Å²) in [5, 5.41) is 4.05. The largest absolute Gasteiger partial charge is 0.333 e. The second kappa shape index (κ2) is 5.75. The summed E-state index contributed by atoms with van der Waals surface area (Å²) in [5.74, 6) is 1.07. The second-order valence-electron chi connectivity index (χ2n) is 4.81. The Kier molecular flexibility index (Phi) is 3.64. The zero-order chi connectivity index (χ0) is 14.7. The Bertz CT molecular complexity index is 697. The molecule has 1 atom stereocenters. The molecule has 5 heteroatoms. The van der Waals surface area contributed by atoms with Crippen LogP contribution in [0, 0.1) is 0 Å². The van der Waals surface area contributed by atoms with Gasteiger partial charge in [-0.3, -0.25) is 4.98 Å². The molecular formula is C16H16N4O. The molecule has 0 saturated heterocycles. The first kappa shape index (κ1) is 13.3. The summed E-state index contributed by atoms with van der Waals surface area (Å²) in [6.07, 6.45) is 1.78. The molecule has 0 bridgehead atoms. The highest BCUT2D eigenvalue weighted by Gasteiger charge is 2.18. The van der Waals surface area contributed by atoms with Gasteiger partial charge in [0, 0.05) is 18.8 Å². The van der Waals surface area contributed by atoms with E-state index in [0.29, 0.717) is 11.8 Å². The van der Waals surface area contributed by atoms with E-state index >= 15 is 0 Å². The van der Waals surface area contributed by atoms with Gasteiger partial charge in [0.25, 0.3) is 11.8 Å². The quantitative estimate of drug-likeness (QED) is 0.733. The summed E-state index contributed by atoms with van der Waals surface area (Å²) < 4.78 is 5.33. The van der Waals surface area contributed by atoms with E-state index in [2.05, 4.69) is 22.0 Å². The lowest BCUT2D eigenvalue weighted by atomic mass is 10.2. The third-order valence-corrected chi connectivity index (χ3v) is 3.45. The number of nitrogens with zero attached hydrogens (tertiary/aromatic N) is 4. The van der Waals surface area contributed by atoms with Crippen LogP contribution in [-0.2, 0) is 0 Å². The second-order valence-corrected chi connectivity index (χ2v) is 4.81. The standard InChI is InChI=1S/C16H16N4O/c1-12(14-10-6-7-11-17-14)20(2)16-18-15(21-19-16)13-8-4-3-5-9-13/h3-12H,1-2H3. The number of anilines is 1. The van der Waals surface area contributed by atoms with E-state index < -0.39 is 0 Å². The van der Waals surface area contributed by atoms with E-state index in [1.807, 2.05) is 60.5 Å². The van der Waals surface area contributed by atoms with Crippen LogP contribution in [0.1, 0.15) is 18.7 Å². The number of benzene rings is 1. The molecule has 21 heavy (non-hydrogen) atoms. The monoisotopic (exact) mass is 280 g/mol. The molecule has 2 heterocycles. The molecule has 0 saturated carbocycles. The predicted molar refractivity (Wildman–Crippen MR) is 80.8 cm³/mol. The minimum Gasteiger partial charge on any atom is -0.333 e. The Labute approximate surface area is 123 Å². The number of pyridine rings is 1. The molecule has 0 radical (unpaired) electrons. The van der Waals surface area contributed by atoms with Gasteiger partial charge in [0.1, 0.15) is 0 Å². The minimum absolute atomic E-state index is 0.0624. The van der Waals surface area contributed by atoms with Crippen molar-refractivity contribution in [3.05, 3.63) is 60.4 Å². The SMILES string of the molecule is CC(c1ccccn1)N(C)c1noc(-c2ccccc2)n1. The van der Waals surface area contributed by atoms with Crippen LogP contribution in [0.2, 0.25) is 0 Å². The zero-order valence-electron chi connectivity index (χ0n) is 12.0. The fourth-order valence-electron chi connectivity index (χ4n) is 2.05. The normalized spacial score (nSPS) is 12.1. The van der Waals surface area contributed by atoms with Crippen molar-refractivity contribution in [2.75, 3.05) is 11.9 Å². The Morgan fingerprint density at radius 1 is 1.05 bits per heavy atom. The average Bonchev–Trinajstić information content (AvgIpc) is 3.05. The fourth-order valence-corrected chi connectivity index (χ4v) is 2.05. The molecule has 1 unspecified atom stereocenters. The summed E-state index contributed by atoms with van der Waals surface area (Å²) in [6, 6.07) is 15.6. The van der Waals surface area contributed by atoms with Crippen molar-refractivity contribution in [1.29, 1.82) is 0 Å². The minimum atomic E-state index is 0.0624. The molecule has 2 aromatic heterocycles. The van der Waals surface area contributed by atoms with Gasteiger partial charge >= 0.3 is 0 Å². The van der Waals surface area contributed by atoms with Crippen LogP contribution in [0.3, 0.4) is 0 Å². The predicted octanol–water partition coefficient (Wildman–Crippen LogP) is 3.33. The van der Waals surface area contributed by atoms with Crippen LogP contribution in [0.5, 0.6) is 0 Å². The lowest BCUT2D eigenvalue weighted by Crippen LogP contribution is -2.23. The van der Waals surface area contributed by atoms with Gasteiger partial charge in [-0.15, -0.1) is 0 Å². The van der Waals surface area contributed by atoms with E-state index in [0.717, 1.165) is 11.3 Å². The van der Waals surface area contributed by atoms with E-state index in [4.69, 9.17) is 4.52 Å². The summed E-state index contributed by atoms with van der Waals surface area (Å²) in [4.78, 5) is 10.8. The fraction of sp³-hybridized carbons (Fsp3) is 0.188. The molecule has 3 aromatic rings. The smallest absolute Gasteiger partial charge is 0.266 e. The van der Waals surface area contributed by atoms with Crippen molar-refractivity contribution in [2.24, 2.45) is 0 Å². The maximum Gasteiger partial charge on any atom is 0.266 e. The van der Waals surface area contributed by atoms with Gasteiger partial charge in [0.2, 0.25) is 0 Å². The molecule has 106 valence electrons. The number of rotatable bonds is 4. The van der Waals surface area contributed by atoms with Crippen LogP contribution in [-0.4, -0.2) is 22.2 Å². The van der Waals surface area contributed by atoms with Gasteiger partial charge in [0.05, 0.1) is 11.7 Å². The van der Waals surface area contributed by atoms with Crippen molar-refractivity contribution in [2.45, 2.75) is 13.0 Å². The van der Waals surface area contributed by atoms with E-state index in [1.54, 1.807) is 6.20 Å². The van der Waals surface area contributed by atoms with Crippen molar-refractivity contribution in [1.82, 2.24) is 15.1 Å². The summed E-state index contributed by atoms with van der Waals surface area (Å²) in [6.45, 7) is 2.06. The summed E-state index contributed by atoms with van der Waals surface area (Å²) in [5.41, 5.74) is 1.88. The summed E-state index contributed by atoms with van der Waals surface area (Å²) in [7, 11) is 1.93. The van der Waals surface area contributed by atoms with E-state index in [-0.39, 0.29) is 6.04 Å². The van der Waals surface area contributed by atoms with E-state index in [9.17, 15) is 0 Å². The number of aromatic nitrogens is 3. The van der Waals surface area contributed by atoms with Crippen LogP contribution >= 0.6 is 0 Å². The van der Waals surface area contributed by atoms with Gasteiger partial charge < -0.3 is 9.42 Å². The van der Waals surface area contributed by atoms with Crippen molar-refractivity contribution < 1.29 is 4.52 Å². The molecule has 0 aliphatic rings. The van der Waals surface area contributed by atoms with Gasteiger partial charge in [-0.25, -0.2) is 0 Å². The summed E-state index contributed by atoms with van der Waals surface area (Å²) >= 11 is 0. The third kappa shape index (κ3) is 2.76. The van der Waals surface area contributed by atoms with E-state index in [1.165, 1.54) is 0 Å².